The molecule has 0 aromatic carbocycles. The molecule has 1 aliphatic heterocycles. The molecular weight excluding hydrogens is 308 g/mol. The maximum absolute atomic E-state index is 12.5. The van der Waals surface area contributed by atoms with Gasteiger partial charge >= 0.3 is 11.9 Å². The average Bonchev–Trinajstić information content (AvgIpc) is 2.45. The minimum absolute atomic E-state index is 0.174. The first-order valence-electron chi connectivity index (χ1n) is 8.70. The summed E-state index contributed by atoms with van der Waals surface area (Å²) in [5.41, 5.74) is 2.86. The van der Waals surface area contributed by atoms with E-state index in [1.165, 1.54) is 0 Å². The van der Waals surface area contributed by atoms with Gasteiger partial charge in [-0.15, -0.1) is 5.73 Å². The molecule has 0 amide bonds. The number of carbonyl (C=O) groups excluding carboxylic acids is 2. The third-order valence-corrected chi connectivity index (χ3v) is 3.85. The molecule has 3 atom stereocenters. The van der Waals surface area contributed by atoms with Gasteiger partial charge in [-0.1, -0.05) is 34.3 Å². The molecule has 0 radical (unpaired) electrons. The Kier molecular flexibility index (Phi) is 8.23. The Labute approximate surface area is 145 Å². The van der Waals surface area contributed by atoms with Gasteiger partial charge in [0.05, 0.1) is 24.2 Å². The van der Waals surface area contributed by atoms with Crippen LogP contribution >= 0.6 is 0 Å². The summed E-state index contributed by atoms with van der Waals surface area (Å²) >= 11 is 0. The van der Waals surface area contributed by atoms with Crippen LogP contribution in [-0.2, 0) is 23.8 Å². The standard InChI is InChI=1S/C19H30O5/c1-7-14(18(20)22-8-2)11-15-16(9-12(3)4)23-17(10-13(5)6)24-19(15)21/h12-13,15-17H,1,8-11H2,2-6H3/t15-,16-,17-/m0/s1. The van der Waals surface area contributed by atoms with Crippen molar-refractivity contribution in [2.75, 3.05) is 6.61 Å². The molecule has 5 heteroatoms. The second kappa shape index (κ2) is 9.65. The molecule has 1 saturated heterocycles. The van der Waals surface area contributed by atoms with Crippen LogP contribution in [0.3, 0.4) is 0 Å². The summed E-state index contributed by atoms with van der Waals surface area (Å²) < 4.78 is 16.4. The first-order chi connectivity index (χ1) is 11.3. The van der Waals surface area contributed by atoms with E-state index in [2.05, 4.69) is 40.0 Å². The first-order valence-corrected chi connectivity index (χ1v) is 8.70. The van der Waals surface area contributed by atoms with Gasteiger partial charge in [0, 0.05) is 12.8 Å². The highest BCUT2D eigenvalue weighted by Crippen LogP contribution is 2.32. The van der Waals surface area contributed by atoms with E-state index < -0.39 is 18.2 Å². The van der Waals surface area contributed by atoms with E-state index in [1.807, 2.05) is 0 Å². The molecule has 5 nitrogen and oxygen atoms in total. The van der Waals surface area contributed by atoms with Crippen molar-refractivity contribution in [1.82, 2.24) is 0 Å². The Bertz CT molecular complexity index is 488. The van der Waals surface area contributed by atoms with Crippen molar-refractivity contribution in [2.24, 2.45) is 17.8 Å². The summed E-state index contributed by atoms with van der Waals surface area (Å²) in [6.45, 7) is 13.8. The van der Waals surface area contributed by atoms with Gasteiger partial charge in [0.1, 0.15) is 0 Å². The molecule has 1 heterocycles. The van der Waals surface area contributed by atoms with Crippen LogP contribution in [0.2, 0.25) is 0 Å². The van der Waals surface area contributed by atoms with Crippen molar-refractivity contribution in [2.45, 2.75) is 66.3 Å². The molecule has 1 fully saturated rings. The number of hydrogen-bond acceptors (Lipinski definition) is 5. The predicted molar refractivity (Wildman–Crippen MR) is 91.1 cm³/mol. The lowest BCUT2D eigenvalue weighted by molar-refractivity contribution is -0.235. The SMILES string of the molecule is C=C=C(C[C@@H]1C(=O)O[C@@H](CC(C)C)O[C@H]1CC(C)C)C(=O)OCC. The van der Waals surface area contributed by atoms with Crippen LogP contribution in [-0.4, -0.2) is 30.9 Å². The van der Waals surface area contributed by atoms with Crippen molar-refractivity contribution >= 4 is 11.9 Å². The lowest BCUT2D eigenvalue weighted by atomic mass is 9.88. The number of ether oxygens (including phenoxy) is 3. The van der Waals surface area contributed by atoms with Crippen LogP contribution in [0, 0.1) is 17.8 Å². The number of cyclic esters (lactones) is 1. The third kappa shape index (κ3) is 6.14. The molecule has 0 unspecified atom stereocenters. The molecule has 1 aliphatic rings. The Morgan fingerprint density at radius 1 is 1.25 bits per heavy atom. The molecule has 1 rings (SSSR count). The van der Waals surface area contributed by atoms with E-state index in [0.29, 0.717) is 18.3 Å². The summed E-state index contributed by atoms with van der Waals surface area (Å²) in [7, 11) is 0. The zero-order valence-corrected chi connectivity index (χ0v) is 15.5. The maximum Gasteiger partial charge on any atom is 0.341 e. The van der Waals surface area contributed by atoms with Gasteiger partial charge in [0.2, 0.25) is 6.29 Å². The number of carbonyl (C=O) groups is 2. The van der Waals surface area contributed by atoms with Crippen LogP contribution < -0.4 is 0 Å². The Hall–Kier alpha value is -1.58. The van der Waals surface area contributed by atoms with Gasteiger partial charge in [-0.05, 0) is 25.2 Å². The second-order valence-corrected chi connectivity index (χ2v) is 6.99. The molecule has 0 aliphatic carbocycles. The highest BCUT2D eigenvalue weighted by Gasteiger charge is 2.40. The molecule has 136 valence electrons. The largest absolute Gasteiger partial charge is 0.462 e. The number of rotatable bonds is 8. The maximum atomic E-state index is 12.5. The predicted octanol–water partition coefficient (Wildman–Crippen LogP) is 3.63. The van der Waals surface area contributed by atoms with Crippen LogP contribution in [0.25, 0.3) is 0 Å². The van der Waals surface area contributed by atoms with Gasteiger partial charge < -0.3 is 14.2 Å². The Morgan fingerprint density at radius 2 is 1.88 bits per heavy atom. The number of esters is 2. The quantitative estimate of drug-likeness (QED) is 0.384. The summed E-state index contributed by atoms with van der Waals surface area (Å²) in [6.07, 6.45) is 0.757. The molecule has 0 saturated carbocycles. The van der Waals surface area contributed by atoms with Crippen LogP contribution in [0.4, 0.5) is 0 Å². The highest BCUT2D eigenvalue weighted by atomic mass is 16.7. The number of hydrogen-bond donors (Lipinski definition) is 0. The summed E-state index contributed by atoms with van der Waals surface area (Å²) in [4.78, 5) is 24.4. The zero-order valence-electron chi connectivity index (χ0n) is 15.5. The molecule has 24 heavy (non-hydrogen) atoms. The Morgan fingerprint density at radius 3 is 2.38 bits per heavy atom. The van der Waals surface area contributed by atoms with Crippen molar-refractivity contribution in [3.05, 3.63) is 17.9 Å². The van der Waals surface area contributed by atoms with Gasteiger partial charge in [-0.2, -0.15) is 0 Å². The average molecular weight is 338 g/mol. The molecule has 0 N–H and O–H groups in total. The minimum Gasteiger partial charge on any atom is -0.462 e. The van der Waals surface area contributed by atoms with Gasteiger partial charge in [0.25, 0.3) is 0 Å². The Balaban J connectivity index is 2.90. The van der Waals surface area contributed by atoms with E-state index in [0.717, 1.165) is 6.42 Å². The zero-order chi connectivity index (χ0) is 18.3. The van der Waals surface area contributed by atoms with E-state index in [-0.39, 0.29) is 30.7 Å². The molecule has 0 aromatic rings. The van der Waals surface area contributed by atoms with Crippen molar-refractivity contribution in [1.29, 1.82) is 0 Å². The van der Waals surface area contributed by atoms with Gasteiger partial charge in [0.15, 0.2) is 0 Å². The molecular formula is C19H30O5. The van der Waals surface area contributed by atoms with E-state index in [9.17, 15) is 9.59 Å². The monoisotopic (exact) mass is 338 g/mol. The topological polar surface area (TPSA) is 61.8 Å². The highest BCUT2D eigenvalue weighted by molar-refractivity contribution is 5.89. The van der Waals surface area contributed by atoms with E-state index in [1.54, 1.807) is 6.92 Å². The molecule has 0 aromatic heterocycles. The van der Waals surface area contributed by atoms with Gasteiger partial charge in [-0.25, -0.2) is 4.79 Å². The van der Waals surface area contributed by atoms with Gasteiger partial charge in [-0.3, -0.25) is 4.79 Å². The lowest BCUT2D eigenvalue weighted by Crippen LogP contribution is -2.45. The summed E-state index contributed by atoms with van der Waals surface area (Å²) in [6, 6.07) is 0. The fraction of sp³-hybridized carbons (Fsp3) is 0.737. The van der Waals surface area contributed by atoms with Crippen molar-refractivity contribution < 1.29 is 23.8 Å². The van der Waals surface area contributed by atoms with Crippen LogP contribution in [0.15, 0.2) is 17.9 Å². The van der Waals surface area contributed by atoms with E-state index >= 15 is 0 Å². The van der Waals surface area contributed by atoms with E-state index in [4.69, 9.17) is 14.2 Å². The summed E-state index contributed by atoms with van der Waals surface area (Å²) in [5.74, 6) is -0.629. The second-order valence-electron chi connectivity index (χ2n) is 6.99. The molecule has 0 bridgehead atoms. The fourth-order valence-corrected chi connectivity index (χ4v) is 2.74. The van der Waals surface area contributed by atoms with Crippen LogP contribution in [0.5, 0.6) is 0 Å². The lowest BCUT2D eigenvalue weighted by Gasteiger charge is -2.37. The third-order valence-electron chi connectivity index (χ3n) is 3.85. The summed E-state index contributed by atoms with van der Waals surface area (Å²) in [5, 5.41) is 0. The van der Waals surface area contributed by atoms with Crippen molar-refractivity contribution in [3.8, 4) is 0 Å². The van der Waals surface area contributed by atoms with Crippen molar-refractivity contribution in [3.63, 3.8) is 0 Å². The molecule has 0 spiro atoms. The smallest absolute Gasteiger partial charge is 0.341 e. The first kappa shape index (κ1) is 20.5. The normalized spacial score (nSPS) is 23.8. The minimum atomic E-state index is -0.538. The fourth-order valence-electron chi connectivity index (χ4n) is 2.74. The van der Waals surface area contributed by atoms with Crippen LogP contribution in [0.1, 0.15) is 53.9 Å².